The lowest BCUT2D eigenvalue weighted by molar-refractivity contribution is 0.0929. The third-order valence-corrected chi connectivity index (χ3v) is 5.15. The van der Waals surface area contributed by atoms with Gasteiger partial charge in [-0.3, -0.25) is 4.79 Å². The van der Waals surface area contributed by atoms with Crippen LogP contribution in [0.1, 0.15) is 23.0 Å². The van der Waals surface area contributed by atoms with Crippen molar-refractivity contribution in [1.29, 1.82) is 0 Å². The van der Waals surface area contributed by atoms with Gasteiger partial charge in [0.15, 0.2) is 17.3 Å². The number of carbonyl (C=O) groups excluding carboxylic acids is 1. The number of rotatable bonds is 6. The van der Waals surface area contributed by atoms with E-state index in [-0.39, 0.29) is 5.76 Å². The molecule has 1 N–H and O–H groups in total. The largest absolute Gasteiger partial charge is 0.492 e. The Hall–Kier alpha value is -3.32. The van der Waals surface area contributed by atoms with Crippen LogP contribution in [-0.4, -0.2) is 25.8 Å². The highest BCUT2D eigenvalue weighted by atomic mass is 79.9. The predicted molar refractivity (Wildman–Crippen MR) is 121 cm³/mol. The van der Waals surface area contributed by atoms with E-state index < -0.39 is 5.91 Å². The Morgan fingerprint density at radius 2 is 2.00 bits per heavy atom. The molecule has 0 saturated heterocycles. The number of fused-ring (bicyclic) bond motifs is 3. The van der Waals surface area contributed by atoms with Crippen LogP contribution in [0.3, 0.4) is 0 Å². The Bertz CT molecular complexity index is 1260. The summed E-state index contributed by atoms with van der Waals surface area (Å²) in [5.74, 6) is 0.965. The Morgan fingerprint density at radius 1 is 1.17 bits per heavy atom. The Balaban J connectivity index is 1.55. The van der Waals surface area contributed by atoms with Gasteiger partial charge >= 0.3 is 5.91 Å². The minimum absolute atomic E-state index is 0.199. The molecule has 0 aliphatic rings. The smallest absolute Gasteiger partial charge is 0.307 e. The molecule has 0 aliphatic heterocycles. The monoisotopic (exact) mass is 466 g/mol. The lowest BCUT2D eigenvalue weighted by Gasteiger charge is -2.11. The molecule has 0 radical (unpaired) electrons. The normalized spacial score (nSPS) is 11.3. The van der Waals surface area contributed by atoms with Gasteiger partial charge in [-0.2, -0.15) is 5.10 Å². The molecule has 4 rings (SSSR count). The Morgan fingerprint density at radius 3 is 2.80 bits per heavy atom. The number of furan rings is 1. The maximum Gasteiger partial charge on any atom is 0.307 e. The number of hydrogen-bond donors (Lipinski definition) is 1. The quantitative estimate of drug-likeness (QED) is 0.300. The predicted octanol–water partition coefficient (Wildman–Crippen LogP) is 5.52. The summed E-state index contributed by atoms with van der Waals surface area (Å²) in [5.41, 5.74) is 3.90. The van der Waals surface area contributed by atoms with E-state index >= 15 is 0 Å². The van der Waals surface area contributed by atoms with Gasteiger partial charge in [-0.15, -0.1) is 0 Å². The highest BCUT2D eigenvalue weighted by Crippen LogP contribution is 2.36. The van der Waals surface area contributed by atoms with Gasteiger partial charge in [0, 0.05) is 5.39 Å². The molecule has 0 fully saturated rings. The van der Waals surface area contributed by atoms with Crippen LogP contribution < -0.4 is 14.9 Å². The minimum atomic E-state index is -0.427. The van der Waals surface area contributed by atoms with Gasteiger partial charge in [-0.05, 0) is 63.5 Å². The molecule has 152 valence electrons. The molecule has 0 spiro atoms. The average molecular weight is 467 g/mol. The van der Waals surface area contributed by atoms with Crippen LogP contribution in [0.2, 0.25) is 0 Å². The Labute approximate surface area is 181 Å². The molecule has 0 atom stereocenters. The van der Waals surface area contributed by atoms with E-state index in [1.165, 1.54) is 6.21 Å². The SMILES string of the molecule is CCOc1cc(C=NNC(=O)c2cc3c(ccc4ccccc43)o2)cc(Br)c1OC. The maximum atomic E-state index is 12.5. The van der Waals surface area contributed by atoms with Crippen LogP contribution in [0, 0.1) is 0 Å². The average Bonchev–Trinajstić information content (AvgIpc) is 3.19. The lowest BCUT2D eigenvalue weighted by atomic mass is 10.1. The second kappa shape index (κ2) is 8.59. The standard InChI is InChI=1S/C23H19BrN2O4/c1-3-29-20-11-14(10-18(24)22(20)28-2)13-25-26-23(27)21-12-17-16-7-5-4-6-15(16)8-9-19(17)30-21/h4-13H,3H2,1-2H3,(H,26,27). The van der Waals surface area contributed by atoms with Crippen molar-refractivity contribution < 1.29 is 18.7 Å². The molecule has 4 aromatic rings. The van der Waals surface area contributed by atoms with Crippen molar-refractivity contribution in [2.24, 2.45) is 5.10 Å². The van der Waals surface area contributed by atoms with Crippen LogP contribution in [0.25, 0.3) is 21.7 Å². The van der Waals surface area contributed by atoms with Gasteiger partial charge in [-0.1, -0.05) is 30.3 Å². The zero-order valence-electron chi connectivity index (χ0n) is 16.4. The number of benzene rings is 3. The van der Waals surface area contributed by atoms with Crippen molar-refractivity contribution in [3.8, 4) is 11.5 Å². The van der Waals surface area contributed by atoms with Crippen LogP contribution in [0.4, 0.5) is 0 Å². The van der Waals surface area contributed by atoms with Crippen molar-refractivity contribution in [3.63, 3.8) is 0 Å². The van der Waals surface area contributed by atoms with E-state index in [2.05, 4.69) is 26.5 Å². The van der Waals surface area contributed by atoms with Crippen LogP contribution in [0.15, 0.2) is 68.6 Å². The number of halogens is 1. The molecule has 7 heteroatoms. The second-order valence-corrected chi connectivity index (χ2v) is 7.33. The van der Waals surface area contributed by atoms with Crippen molar-refractivity contribution in [1.82, 2.24) is 5.43 Å². The maximum absolute atomic E-state index is 12.5. The van der Waals surface area contributed by atoms with Gasteiger partial charge in [0.1, 0.15) is 5.58 Å². The number of methoxy groups -OCH3 is 1. The van der Waals surface area contributed by atoms with Gasteiger partial charge in [0.25, 0.3) is 0 Å². The van der Waals surface area contributed by atoms with Crippen LogP contribution in [0.5, 0.6) is 11.5 Å². The van der Waals surface area contributed by atoms with Crippen LogP contribution in [-0.2, 0) is 0 Å². The number of carbonyl (C=O) groups is 1. The van der Waals surface area contributed by atoms with Gasteiger partial charge in [0.05, 0.1) is 24.4 Å². The summed E-state index contributed by atoms with van der Waals surface area (Å²) in [5, 5.41) is 7.06. The van der Waals surface area contributed by atoms with Crippen LogP contribution >= 0.6 is 15.9 Å². The molecular formula is C23H19BrN2O4. The number of hydrogen-bond acceptors (Lipinski definition) is 5. The molecular weight excluding hydrogens is 448 g/mol. The minimum Gasteiger partial charge on any atom is -0.492 e. The fraction of sp³-hybridized carbons (Fsp3) is 0.130. The van der Waals surface area contributed by atoms with E-state index in [9.17, 15) is 4.79 Å². The summed E-state index contributed by atoms with van der Waals surface area (Å²) in [4.78, 5) is 12.5. The molecule has 0 aliphatic carbocycles. The summed E-state index contributed by atoms with van der Waals surface area (Å²) < 4.78 is 17.4. The highest BCUT2D eigenvalue weighted by molar-refractivity contribution is 9.10. The van der Waals surface area contributed by atoms with E-state index in [0.717, 1.165) is 26.2 Å². The summed E-state index contributed by atoms with van der Waals surface area (Å²) in [7, 11) is 1.58. The molecule has 30 heavy (non-hydrogen) atoms. The molecule has 1 amide bonds. The molecule has 6 nitrogen and oxygen atoms in total. The topological polar surface area (TPSA) is 73.1 Å². The zero-order chi connectivity index (χ0) is 21.1. The number of ether oxygens (including phenoxy) is 2. The van der Waals surface area contributed by atoms with E-state index in [1.807, 2.05) is 49.4 Å². The van der Waals surface area contributed by atoms with E-state index in [0.29, 0.717) is 23.7 Å². The van der Waals surface area contributed by atoms with Crippen molar-refractivity contribution in [2.45, 2.75) is 6.92 Å². The third-order valence-electron chi connectivity index (χ3n) is 4.57. The van der Waals surface area contributed by atoms with E-state index in [4.69, 9.17) is 13.9 Å². The second-order valence-electron chi connectivity index (χ2n) is 6.48. The molecule has 1 aromatic heterocycles. The third kappa shape index (κ3) is 3.89. The molecule has 0 saturated carbocycles. The fourth-order valence-electron chi connectivity index (χ4n) is 3.25. The summed E-state index contributed by atoms with van der Waals surface area (Å²) in [6.45, 7) is 2.39. The highest BCUT2D eigenvalue weighted by Gasteiger charge is 2.14. The summed E-state index contributed by atoms with van der Waals surface area (Å²) in [6.07, 6.45) is 1.53. The van der Waals surface area contributed by atoms with E-state index in [1.54, 1.807) is 19.2 Å². The number of amides is 1. The van der Waals surface area contributed by atoms with Gasteiger partial charge in [-0.25, -0.2) is 5.43 Å². The molecule has 0 unspecified atom stereocenters. The van der Waals surface area contributed by atoms with Crippen molar-refractivity contribution >= 4 is 49.8 Å². The first kappa shape index (κ1) is 20.0. The first-order chi connectivity index (χ1) is 14.6. The molecule has 3 aromatic carbocycles. The van der Waals surface area contributed by atoms with Gasteiger partial charge in [0.2, 0.25) is 0 Å². The van der Waals surface area contributed by atoms with Gasteiger partial charge < -0.3 is 13.9 Å². The lowest BCUT2D eigenvalue weighted by Crippen LogP contribution is -2.16. The fourth-order valence-corrected chi connectivity index (χ4v) is 3.87. The summed E-state index contributed by atoms with van der Waals surface area (Å²) >= 11 is 3.46. The Kier molecular flexibility index (Phi) is 5.72. The van der Waals surface area contributed by atoms with Crippen molar-refractivity contribution in [2.75, 3.05) is 13.7 Å². The molecule has 0 bridgehead atoms. The number of nitrogens with one attached hydrogen (secondary N) is 1. The number of hydrazone groups is 1. The zero-order valence-corrected chi connectivity index (χ0v) is 18.0. The first-order valence-electron chi connectivity index (χ1n) is 9.35. The molecule has 1 heterocycles. The number of nitrogens with zero attached hydrogens (tertiary/aromatic N) is 1. The first-order valence-corrected chi connectivity index (χ1v) is 10.1. The summed E-state index contributed by atoms with van der Waals surface area (Å²) in [6, 6.07) is 17.1. The van der Waals surface area contributed by atoms with Crippen molar-refractivity contribution in [3.05, 3.63) is 70.4 Å².